The Morgan fingerprint density at radius 2 is 2.00 bits per heavy atom. The highest BCUT2D eigenvalue weighted by atomic mass is 16.5. The molecule has 25 heavy (non-hydrogen) atoms. The predicted octanol–water partition coefficient (Wildman–Crippen LogP) is 2.18. The van der Waals surface area contributed by atoms with Crippen LogP contribution in [0.2, 0.25) is 0 Å². The van der Waals surface area contributed by atoms with Crippen molar-refractivity contribution in [2.45, 2.75) is 19.4 Å². The lowest BCUT2D eigenvalue weighted by Gasteiger charge is -2.19. The fraction of sp³-hybridized carbons (Fsp3) is 0.389. The van der Waals surface area contributed by atoms with Gasteiger partial charge in [-0.3, -0.25) is 4.79 Å². The standard InChI is InChI=1S/C18H21N3O4/c1-3-24-15-7-5-4-6-14(15)18(22)21-11-8-13(12-21)25-17-16(23-2)19-9-10-20-17/h4-7,9-10,13H,3,8,11-12H2,1-2H3/t13-/m1/s1. The molecule has 0 aliphatic carbocycles. The van der Waals surface area contributed by atoms with Gasteiger partial charge >= 0.3 is 0 Å². The van der Waals surface area contributed by atoms with Crippen LogP contribution in [-0.4, -0.2) is 53.7 Å². The van der Waals surface area contributed by atoms with E-state index in [-0.39, 0.29) is 12.0 Å². The fourth-order valence-corrected chi connectivity index (χ4v) is 2.80. The van der Waals surface area contributed by atoms with E-state index < -0.39 is 0 Å². The van der Waals surface area contributed by atoms with Crippen LogP contribution < -0.4 is 14.2 Å². The van der Waals surface area contributed by atoms with Gasteiger partial charge in [0.05, 0.1) is 25.8 Å². The van der Waals surface area contributed by atoms with Crippen LogP contribution in [0.25, 0.3) is 0 Å². The summed E-state index contributed by atoms with van der Waals surface area (Å²) in [5, 5.41) is 0. The minimum atomic E-state index is -0.145. The molecule has 1 saturated heterocycles. The number of aromatic nitrogens is 2. The first-order valence-electron chi connectivity index (χ1n) is 8.25. The van der Waals surface area contributed by atoms with Crippen molar-refractivity contribution in [1.82, 2.24) is 14.9 Å². The van der Waals surface area contributed by atoms with Gasteiger partial charge in [-0.2, -0.15) is 0 Å². The molecule has 132 valence electrons. The zero-order valence-corrected chi connectivity index (χ0v) is 14.3. The van der Waals surface area contributed by atoms with Crippen LogP contribution in [0.15, 0.2) is 36.7 Å². The van der Waals surface area contributed by atoms with Gasteiger partial charge in [-0.05, 0) is 19.1 Å². The number of ether oxygens (including phenoxy) is 3. The third-order valence-electron chi connectivity index (χ3n) is 3.95. The molecule has 1 aromatic carbocycles. The number of hydrogen-bond acceptors (Lipinski definition) is 6. The molecule has 1 atom stereocenters. The van der Waals surface area contributed by atoms with Crippen molar-refractivity contribution in [2.24, 2.45) is 0 Å². The summed E-state index contributed by atoms with van der Waals surface area (Å²) in [6.45, 7) is 3.52. The third-order valence-corrected chi connectivity index (χ3v) is 3.95. The van der Waals surface area contributed by atoms with Gasteiger partial charge in [0.2, 0.25) is 0 Å². The Morgan fingerprint density at radius 1 is 1.24 bits per heavy atom. The number of carbonyl (C=O) groups excluding carboxylic acids is 1. The van der Waals surface area contributed by atoms with E-state index in [1.807, 2.05) is 25.1 Å². The lowest BCUT2D eigenvalue weighted by molar-refractivity contribution is 0.0766. The number of rotatable bonds is 6. The lowest BCUT2D eigenvalue weighted by atomic mass is 10.2. The molecule has 2 aromatic rings. The van der Waals surface area contributed by atoms with Crippen molar-refractivity contribution >= 4 is 5.91 Å². The number of nitrogens with zero attached hydrogens (tertiary/aromatic N) is 3. The quantitative estimate of drug-likeness (QED) is 0.800. The molecule has 1 aliphatic rings. The summed E-state index contributed by atoms with van der Waals surface area (Å²) < 4.78 is 16.6. The van der Waals surface area contributed by atoms with E-state index in [1.165, 1.54) is 7.11 Å². The predicted molar refractivity (Wildman–Crippen MR) is 91.1 cm³/mol. The summed E-state index contributed by atoms with van der Waals surface area (Å²) in [5.41, 5.74) is 0.571. The summed E-state index contributed by atoms with van der Waals surface area (Å²) in [4.78, 5) is 22.8. The molecular weight excluding hydrogens is 322 g/mol. The van der Waals surface area contributed by atoms with E-state index in [1.54, 1.807) is 23.4 Å². The Morgan fingerprint density at radius 3 is 2.76 bits per heavy atom. The van der Waals surface area contributed by atoms with Crippen LogP contribution in [0.5, 0.6) is 17.5 Å². The van der Waals surface area contributed by atoms with E-state index in [4.69, 9.17) is 14.2 Å². The van der Waals surface area contributed by atoms with Crippen LogP contribution in [0.4, 0.5) is 0 Å². The van der Waals surface area contributed by atoms with E-state index in [9.17, 15) is 4.79 Å². The van der Waals surface area contributed by atoms with Crippen LogP contribution in [0.3, 0.4) is 0 Å². The molecule has 2 heterocycles. The summed E-state index contributed by atoms with van der Waals surface area (Å²) >= 11 is 0. The number of likely N-dealkylation sites (tertiary alicyclic amines) is 1. The Balaban J connectivity index is 1.67. The maximum Gasteiger partial charge on any atom is 0.278 e. The molecule has 3 rings (SSSR count). The third kappa shape index (κ3) is 3.81. The Bertz CT molecular complexity index is 738. The van der Waals surface area contributed by atoms with Crippen molar-refractivity contribution in [2.75, 3.05) is 26.8 Å². The SMILES string of the molecule is CCOc1ccccc1C(=O)N1CC[C@@H](Oc2nccnc2OC)C1. The van der Waals surface area contributed by atoms with Gasteiger partial charge < -0.3 is 19.1 Å². The zero-order chi connectivity index (χ0) is 17.6. The second kappa shape index (κ2) is 7.83. The topological polar surface area (TPSA) is 73.8 Å². The summed E-state index contributed by atoms with van der Waals surface area (Å²) in [5.74, 6) is 1.24. The minimum absolute atomic E-state index is 0.0544. The van der Waals surface area contributed by atoms with Gasteiger partial charge in [0.1, 0.15) is 11.9 Å². The van der Waals surface area contributed by atoms with Crippen molar-refractivity contribution in [3.63, 3.8) is 0 Å². The molecule has 1 aromatic heterocycles. The zero-order valence-electron chi connectivity index (χ0n) is 14.3. The molecule has 7 heteroatoms. The first-order chi connectivity index (χ1) is 12.2. The first kappa shape index (κ1) is 17.0. The van der Waals surface area contributed by atoms with Gasteiger partial charge in [-0.1, -0.05) is 12.1 Å². The van der Waals surface area contributed by atoms with Crippen LogP contribution in [0.1, 0.15) is 23.7 Å². The van der Waals surface area contributed by atoms with Gasteiger partial charge in [0.25, 0.3) is 17.7 Å². The molecule has 1 amide bonds. The summed E-state index contributed by atoms with van der Waals surface area (Å²) in [6, 6.07) is 7.29. The number of carbonyl (C=O) groups is 1. The highest BCUT2D eigenvalue weighted by Crippen LogP contribution is 2.26. The molecular formula is C18H21N3O4. The Hall–Kier alpha value is -2.83. The molecule has 0 saturated carbocycles. The molecule has 7 nitrogen and oxygen atoms in total. The number of hydrogen-bond donors (Lipinski definition) is 0. The molecule has 1 aliphatic heterocycles. The maximum atomic E-state index is 12.8. The number of benzene rings is 1. The van der Waals surface area contributed by atoms with Gasteiger partial charge in [0, 0.05) is 25.4 Å². The van der Waals surface area contributed by atoms with E-state index in [0.717, 1.165) is 6.42 Å². The Kier molecular flexibility index (Phi) is 5.33. The molecule has 0 unspecified atom stereocenters. The smallest absolute Gasteiger partial charge is 0.278 e. The molecule has 0 bridgehead atoms. The normalized spacial score (nSPS) is 16.6. The van der Waals surface area contributed by atoms with Crippen LogP contribution in [0, 0.1) is 0 Å². The van der Waals surface area contributed by atoms with Gasteiger partial charge in [0.15, 0.2) is 0 Å². The second-order valence-electron chi connectivity index (χ2n) is 5.58. The molecule has 0 N–H and O–H groups in total. The van der Waals surface area contributed by atoms with Crippen molar-refractivity contribution < 1.29 is 19.0 Å². The van der Waals surface area contributed by atoms with Crippen LogP contribution >= 0.6 is 0 Å². The van der Waals surface area contributed by atoms with Gasteiger partial charge in [-0.25, -0.2) is 9.97 Å². The summed E-state index contributed by atoms with van der Waals surface area (Å²) in [6.07, 6.45) is 3.67. The van der Waals surface area contributed by atoms with Crippen molar-refractivity contribution in [3.05, 3.63) is 42.2 Å². The van der Waals surface area contributed by atoms with Crippen molar-refractivity contribution in [3.8, 4) is 17.5 Å². The van der Waals surface area contributed by atoms with E-state index >= 15 is 0 Å². The molecule has 0 radical (unpaired) electrons. The molecule has 0 spiro atoms. The average molecular weight is 343 g/mol. The number of amides is 1. The number of methoxy groups -OCH3 is 1. The Labute approximate surface area is 146 Å². The lowest BCUT2D eigenvalue weighted by Crippen LogP contribution is -2.31. The van der Waals surface area contributed by atoms with Crippen molar-refractivity contribution in [1.29, 1.82) is 0 Å². The largest absolute Gasteiger partial charge is 0.493 e. The van der Waals surface area contributed by atoms with E-state index in [2.05, 4.69) is 9.97 Å². The highest BCUT2D eigenvalue weighted by Gasteiger charge is 2.30. The van der Waals surface area contributed by atoms with Crippen LogP contribution in [-0.2, 0) is 0 Å². The maximum absolute atomic E-state index is 12.8. The minimum Gasteiger partial charge on any atom is -0.493 e. The highest BCUT2D eigenvalue weighted by molar-refractivity contribution is 5.97. The van der Waals surface area contributed by atoms with Gasteiger partial charge in [-0.15, -0.1) is 0 Å². The number of para-hydroxylation sites is 1. The first-order valence-corrected chi connectivity index (χ1v) is 8.25. The second-order valence-corrected chi connectivity index (χ2v) is 5.58. The fourth-order valence-electron chi connectivity index (χ4n) is 2.80. The average Bonchev–Trinajstić information content (AvgIpc) is 3.11. The molecule has 1 fully saturated rings. The van der Waals surface area contributed by atoms with E-state index in [0.29, 0.717) is 42.8 Å². The monoisotopic (exact) mass is 343 g/mol. The summed E-state index contributed by atoms with van der Waals surface area (Å²) in [7, 11) is 1.52.